The summed E-state index contributed by atoms with van der Waals surface area (Å²) in [6.07, 6.45) is 5.63. The molecule has 0 fully saturated rings. The van der Waals surface area contributed by atoms with Gasteiger partial charge >= 0.3 is 0 Å². The van der Waals surface area contributed by atoms with Gasteiger partial charge in [-0.2, -0.15) is 0 Å². The van der Waals surface area contributed by atoms with Crippen LogP contribution in [-0.4, -0.2) is 17.0 Å². The summed E-state index contributed by atoms with van der Waals surface area (Å²) < 4.78 is 0. The largest absolute Gasteiger partial charge is 0.385 e. The van der Waals surface area contributed by atoms with E-state index in [4.69, 9.17) is 0 Å². The van der Waals surface area contributed by atoms with Crippen LogP contribution >= 0.6 is 0 Å². The fourth-order valence-corrected chi connectivity index (χ4v) is 1.27. The van der Waals surface area contributed by atoms with Gasteiger partial charge in [0.1, 0.15) is 6.10 Å². The van der Waals surface area contributed by atoms with Crippen molar-refractivity contribution < 1.29 is 9.90 Å². The molecule has 0 radical (unpaired) electrons. The van der Waals surface area contributed by atoms with Crippen molar-refractivity contribution in [3.05, 3.63) is 0 Å². The number of hydrogen-bond donors (Lipinski definition) is 1. The highest BCUT2D eigenvalue weighted by Crippen LogP contribution is 2.07. The summed E-state index contributed by atoms with van der Waals surface area (Å²) >= 11 is 0. The van der Waals surface area contributed by atoms with E-state index in [1.54, 1.807) is 0 Å². The van der Waals surface area contributed by atoms with Crippen molar-refractivity contribution in [2.75, 3.05) is 0 Å². The highest BCUT2D eigenvalue weighted by molar-refractivity contribution is 5.82. The first-order valence-corrected chi connectivity index (χ1v) is 5.43. The number of Topliss-reactive ketones (excluding diaryl/α,β-unsaturated/α-hetero) is 1. The third kappa shape index (κ3) is 6.76. The van der Waals surface area contributed by atoms with Crippen LogP contribution in [0.1, 0.15) is 58.8 Å². The average molecular weight is 186 g/mol. The number of rotatable bonds is 8. The topological polar surface area (TPSA) is 37.3 Å². The average Bonchev–Trinajstić information content (AvgIpc) is 2.14. The minimum Gasteiger partial charge on any atom is -0.385 e. The Kier molecular flexibility index (Phi) is 8.00. The Hall–Kier alpha value is -0.370. The molecule has 0 aliphatic carbocycles. The summed E-state index contributed by atoms with van der Waals surface area (Å²) in [5.74, 6) is 0.0295. The van der Waals surface area contributed by atoms with Gasteiger partial charge < -0.3 is 5.11 Å². The summed E-state index contributed by atoms with van der Waals surface area (Å²) in [6.45, 7) is 4.17. The molecule has 2 heteroatoms. The second-order valence-electron chi connectivity index (χ2n) is 3.58. The summed E-state index contributed by atoms with van der Waals surface area (Å²) in [4.78, 5) is 11.3. The normalized spacial score (nSPS) is 12.8. The first-order chi connectivity index (χ1) is 6.22. The number of carbonyl (C=O) groups excluding carboxylic acids is 1. The molecule has 78 valence electrons. The molecule has 0 aromatic heterocycles. The zero-order valence-electron chi connectivity index (χ0n) is 8.88. The minimum absolute atomic E-state index is 0.0295. The predicted octanol–water partition coefficient (Wildman–Crippen LogP) is 2.69. The van der Waals surface area contributed by atoms with Gasteiger partial charge in [0, 0.05) is 6.42 Å². The molecular formula is C11H22O2. The molecule has 2 nitrogen and oxygen atoms in total. The van der Waals surface area contributed by atoms with Crippen LogP contribution in [0.2, 0.25) is 0 Å². The van der Waals surface area contributed by atoms with E-state index in [9.17, 15) is 9.90 Å². The molecule has 1 atom stereocenters. The summed E-state index contributed by atoms with van der Waals surface area (Å²) in [6, 6.07) is 0. The lowest BCUT2D eigenvalue weighted by molar-refractivity contribution is -0.127. The lowest BCUT2D eigenvalue weighted by Crippen LogP contribution is -2.19. The van der Waals surface area contributed by atoms with Gasteiger partial charge in [-0.3, -0.25) is 4.79 Å². The Bertz CT molecular complexity index is 132. The van der Waals surface area contributed by atoms with E-state index in [1.165, 1.54) is 0 Å². The molecule has 0 spiro atoms. The SMILES string of the molecule is CCCCCC(=O)[C@H](O)CCCC. The molecule has 0 bridgehead atoms. The van der Waals surface area contributed by atoms with E-state index in [1.807, 2.05) is 0 Å². The number of aliphatic hydroxyl groups excluding tert-OH is 1. The van der Waals surface area contributed by atoms with Gasteiger partial charge in [-0.15, -0.1) is 0 Å². The molecule has 0 amide bonds. The first kappa shape index (κ1) is 12.6. The second kappa shape index (κ2) is 8.24. The van der Waals surface area contributed by atoms with E-state index in [2.05, 4.69) is 13.8 Å². The molecule has 0 aromatic carbocycles. The van der Waals surface area contributed by atoms with Crippen LogP contribution in [0.5, 0.6) is 0 Å². The van der Waals surface area contributed by atoms with Crippen molar-refractivity contribution >= 4 is 5.78 Å². The van der Waals surface area contributed by atoms with Gasteiger partial charge in [-0.05, 0) is 12.8 Å². The Balaban J connectivity index is 3.45. The van der Waals surface area contributed by atoms with E-state index >= 15 is 0 Å². The molecule has 0 aromatic rings. The lowest BCUT2D eigenvalue weighted by atomic mass is 10.0. The molecule has 0 saturated heterocycles. The zero-order chi connectivity index (χ0) is 10.1. The summed E-state index contributed by atoms with van der Waals surface area (Å²) in [7, 11) is 0. The number of hydrogen-bond acceptors (Lipinski definition) is 2. The van der Waals surface area contributed by atoms with Crippen molar-refractivity contribution in [3.8, 4) is 0 Å². The predicted molar refractivity (Wildman–Crippen MR) is 54.7 cm³/mol. The highest BCUT2D eigenvalue weighted by atomic mass is 16.3. The van der Waals surface area contributed by atoms with Gasteiger partial charge in [0.25, 0.3) is 0 Å². The fraction of sp³-hybridized carbons (Fsp3) is 0.909. The zero-order valence-corrected chi connectivity index (χ0v) is 8.88. The quantitative estimate of drug-likeness (QED) is 0.592. The van der Waals surface area contributed by atoms with Crippen LogP contribution in [-0.2, 0) is 4.79 Å². The van der Waals surface area contributed by atoms with Crippen LogP contribution in [0.3, 0.4) is 0 Å². The molecule has 0 aliphatic heterocycles. The number of ketones is 1. The van der Waals surface area contributed by atoms with Gasteiger partial charge in [0.15, 0.2) is 5.78 Å². The fourth-order valence-electron chi connectivity index (χ4n) is 1.27. The van der Waals surface area contributed by atoms with Crippen LogP contribution in [0.15, 0.2) is 0 Å². The number of aliphatic hydroxyl groups is 1. The maximum Gasteiger partial charge on any atom is 0.161 e. The molecule has 0 aliphatic rings. The third-order valence-electron chi connectivity index (χ3n) is 2.23. The van der Waals surface area contributed by atoms with Crippen LogP contribution in [0, 0.1) is 0 Å². The van der Waals surface area contributed by atoms with Crippen LogP contribution in [0.25, 0.3) is 0 Å². The Morgan fingerprint density at radius 3 is 2.31 bits per heavy atom. The second-order valence-corrected chi connectivity index (χ2v) is 3.58. The van der Waals surface area contributed by atoms with E-state index in [-0.39, 0.29) is 5.78 Å². The van der Waals surface area contributed by atoms with Crippen molar-refractivity contribution in [2.24, 2.45) is 0 Å². The number of unbranched alkanes of at least 4 members (excludes halogenated alkanes) is 3. The standard InChI is InChI=1S/C11H22O2/c1-3-5-7-9-11(13)10(12)8-6-4-2/h10,12H,3-9H2,1-2H3/t10-/m1/s1. The van der Waals surface area contributed by atoms with E-state index in [0.29, 0.717) is 12.8 Å². The smallest absolute Gasteiger partial charge is 0.161 e. The molecular weight excluding hydrogens is 164 g/mol. The molecule has 0 heterocycles. The first-order valence-electron chi connectivity index (χ1n) is 5.43. The molecule has 1 N–H and O–H groups in total. The Morgan fingerprint density at radius 1 is 1.15 bits per heavy atom. The Morgan fingerprint density at radius 2 is 1.77 bits per heavy atom. The van der Waals surface area contributed by atoms with Gasteiger partial charge in [0.05, 0.1) is 0 Å². The molecule has 0 unspecified atom stereocenters. The minimum atomic E-state index is -0.697. The molecule has 13 heavy (non-hydrogen) atoms. The maximum absolute atomic E-state index is 11.3. The summed E-state index contributed by atoms with van der Waals surface area (Å²) in [5, 5.41) is 9.40. The van der Waals surface area contributed by atoms with Gasteiger partial charge in [-0.1, -0.05) is 39.5 Å². The Labute approximate surface area is 81.3 Å². The van der Waals surface area contributed by atoms with Crippen LogP contribution in [0.4, 0.5) is 0 Å². The molecule has 0 saturated carbocycles. The van der Waals surface area contributed by atoms with Crippen LogP contribution < -0.4 is 0 Å². The van der Waals surface area contributed by atoms with Crippen molar-refractivity contribution in [3.63, 3.8) is 0 Å². The summed E-state index contributed by atoms with van der Waals surface area (Å²) in [5.41, 5.74) is 0. The van der Waals surface area contributed by atoms with E-state index in [0.717, 1.165) is 32.1 Å². The monoisotopic (exact) mass is 186 g/mol. The van der Waals surface area contributed by atoms with Crippen molar-refractivity contribution in [1.29, 1.82) is 0 Å². The van der Waals surface area contributed by atoms with Crippen molar-refractivity contribution in [2.45, 2.75) is 64.9 Å². The van der Waals surface area contributed by atoms with Gasteiger partial charge in [0.2, 0.25) is 0 Å². The van der Waals surface area contributed by atoms with E-state index < -0.39 is 6.10 Å². The molecule has 0 rings (SSSR count). The lowest BCUT2D eigenvalue weighted by Gasteiger charge is -2.07. The number of carbonyl (C=O) groups is 1. The maximum atomic E-state index is 11.3. The van der Waals surface area contributed by atoms with Crippen molar-refractivity contribution in [1.82, 2.24) is 0 Å². The highest BCUT2D eigenvalue weighted by Gasteiger charge is 2.12. The third-order valence-corrected chi connectivity index (χ3v) is 2.23. The van der Waals surface area contributed by atoms with Gasteiger partial charge in [-0.25, -0.2) is 0 Å².